The van der Waals surface area contributed by atoms with Crippen LogP contribution in [0.4, 0.5) is 16.2 Å². The molecule has 0 spiro atoms. The summed E-state index contributed by atoms with van der Waals surface area (Å²) in [6.07, 6.45) is 2.65. The molecule has 0 fully saturated rings. The second-order valence-corrected chi connectivity index (χ2v) is 7.81. The van der Waals surface area contributed by atoms with Gasteiger partial charge in [-0.15, -0.1) is 0 Å². The zero-order valence-corrected chi connectivity index (χ0v) is 15.5. The molecule has 0 aliphatic heterocycles. The molecule has 0 saturated carbocycles. The number of rotatable bonds is 5. The molecule has 7 nitrogen and oxygen atoms in total. The Morgan fingerprint density at radius 1 is 1.25 bits per heavy atom. The number of sulfonamides is 1. The van der Waals surface area contributed by atoms with Crippen molar-refractivity contribution in [2.75, 3.05) is 5.32 Å². The number of urea groups is 1. The minimum absolute atomic E-state index is 0.121. The van der Waals surface area contributed by atoms with Crippen LogP contribution in [0.3, 0.4) is 0 Å². The lowest BCUT2D eigenvalue weighted by Crippen LogP contribution is -2.42. The number of benzene rings is 1. The topological polar surface area (TPSA) is 100 Å². The van der Waals surface area contributed by atoms with Gasteiger partial charge in [-0.3, -0.25) is 4.98 Å². The molecule has 2 aromatic rings. The predicted octanol–water partition coefficient (Wildman–Crippen LogP) is 2.98. The highest BCUT2D eigenvalue weighted by atomic mass is 79.9. The smallest absolute Gasteiger partial charge is 0.328 e. The monoisotopic (exact) mass is 412 g/mol. The largest absolute Gasteiger partial charge is 0.354 e. The van der Waals surface area contributed by atoms with Crippen LogP contribution in [0.2, 0.25) is 0 Å². The number of hydrogen-bond donors (Lipinski definition) is 3. The van der Waals surface area contributed by atoms with Crippen molar-refractivity contribution in [3.8, 4) is 0 Å². The van der Waals surface area contributed by atoms with E-state index in [9.17, 15) is 13.2 Å². The van der Waals surface area contributed by atoms with E-state index in [4.69, 9.17) is 0 Å². The number of aromatic nitrogens is 1. The lowest BCUT2D eigenvalue weighted by atomic mass is 10.3. The molecule has 128 valence electrons. The summed E-state index contributed by atoms with van der Waals surface area (Å²) in [6.45, 7) is 3.47. The van der Waals surface area contributed by atoms with Crippen LogP contribution < -0.4 is 15.4 Å². The molecule has 9 heteroatoms. The van der Waals surface area contributed by atoms with Gasteiger partial charge in [-0.1, -0.05) is 22.0 Å². The van der Waals surface area contributed by atoms with Crippen LogP contribution in [0.5, 0.6) is 0 Å². The lowest BCUT2D eigenvalue weighted by molar-refractivity contribution is 0.243. The Morgan fingerprint density at radius 3 is 2.67 bits per heavy atom. The fraction of sp³-hybridized carbons (Fsp3) is 0.200. The van der Waals surface area contributed by atoms with Crippen molar-refractivity contribution in [2.24, 2.45) is 0 Å². The number of pyridine rings is 1. The highest BCUT2D eigenvalue weighted by Crippen LogP contribution is 2.25. The molecular weight excluding hydrogens is 396 g/mol. The van der Waals surface area contributed by atoms with E-state index in [1.54, 1.807) is 26.0 Å². The molecule has 2 amide bonds. The van der Waals surface area contributed by atoms with Crippen LogP contribution in [-0.2, 0) is 10.0 Å². The van der Waals surface area contributed by atoms with E-state index in [1.165, 1.54) is 18.5 Å². The van der Waals surface area contributed by atoms with Crippen molar-refractivity contribution in [1.29, 1.82) is 0 Å². The third kappa shape index (κ3) is 4.93. The number of amides is 2. The first-order valence-electron chi connectivity index (χ1n) is 7.08. The van der Waals surface area contributed by atoms with Crippen LogP contribution in [0.15, 0.2) is 52.1 Å². The van der Waals surface area contributed by atoms with E-state index in [2.05, 4.69) is 31.5 Å². The van der Waals surface area contributed by atoms with Gasteiger partial charge in [0, 0.05) is 28.6 Å². The highest BCUT2D eigenvalue weighted by Gasteiger charge is 2.22. The van der Waals surface area contributed by atoms with E-state index in [0.29, 0.717) is 11.4 Å². The Labute approximate surface area is 149 Å². The van der Waals surface area contributed by atoms with Crippen molar-refractivity contribution in [2.45, 2.75) is 24.8 Å². The minimum Gasteiger partial charge on any atom is -0.354 e. The quantitative estimate of drug-likeness (QED) is 0.700. The van der Waals surface area contributed by atoms with Gasteiger partial charge in [0.25, 0.3) is 10.0 Å². The number of carbonyl (C=O) groups is 1. The van der Waals surface area contributed by atoms with Gasteiger partial charge in [-0.2, -0.15) is 0 Å². The summed E-state index contributed by atoms with van der Waals surface area (Å²) in [6, 6.07) is 7.81. The number of anilines is 2. The lowest BCUT2D eigenvalue weighted by Gasteiger charge is -2.14. The molecule has 24 heavy (non-hydrogen) atoms. The van der Waals surface area contributed by atoms with Gasteiger partial charge in [0.05, 0.1) is 5.69 Å². The number of carbonyl (C=O) groups excluding carboxylic acids is 1. The molecule has 0 aliphatic rings. The van der Waals surface area contributed by atoms with Crippen molar-refractivity contribution < 1.29 is 13.2 Å². The second-order valence-electron chi connectivity index (χ2n) is 5.24. The molecule has 1 aromatic carbocycles. The summed E-state index contributed by atoms with van der Waals surface area (Å²) in [5, 5.41) is 5.48. The first-order valence-corrected chi connectivity index (χ1v) is 9.35. The maximum atomic E-state index is 12.4. The zero-order valence-electron chi connectivity index (χ0n) is 13.1. The van der Waals surface area contributed by atoms with Crippen molar-refractivity contribution in [1.82, 2.24) is 15.0 Å². The maximum absolute atomic E-state index is 12.4. The fourth-order valence-corrected chi connectivity index (χ4v) is 3.31. The molecule has 0 radical (unpaired) electrons. The molecule has 1 heterocycles. The summed E-state index contributed by atoms with van der Waals surface area (Å²) >= 11 is 3.35. The molecular formula is C15H17BrN4O3S. The Balaban J connectivity index is 2.29. The third-order valence-corrected chi connectivity index (χ3v) is 4.68. The summed E-state index contributed by atoms with van der Waals surface area (Å²) in [5.74, 6) is 0. The molecule has 0 unspecified atom stereocenters. The highest BCUT2D eigenvalue weighted by molar-refractivity contribution is 9.10. The van der Waals surface area contributed by atoms with Gasteiger partial charge in [0.1, 0.15) is 4.90 Å². The fourth-order valence-electron chi connectivity index (χ4n) is 1.89. The van der Waals surface area contributed by atoms with E-state index in [1.807, 2.05) is 16.9 Å². The average molecular weight is 413 g/mol. The molecule has 0 saturated heterocycles. The second kappa shape index (κ2) is 7.63. The number of nitrogens with zero attached hydrogens (tertiary/aromatic N) is 1. The van der Waals surface area contributed by atoms with E-state index in [-0.39, 0.29) is 10.9 Å². The minimum atomic E-state index is -4.06. The Morgan fingerprint density at radius 2 is 2.00 bits per heavy atom. The van der Waals surface area contributed by atoms with Gasteiger partial charge in [-0.05, 0) is 38.1 Å². The maximum Gasteiger partial charge on any atom is 0.328 e. The first-order chi connectivity index (χ1) is 11.3. The number of nitrogens with one attached hydrogen (secondary N) is 3. The van der Waals surface area contributed by atoms with E-state index < -0.39 is 16.1 Å². The van der Waals surface area contributed by atoms with Crippen molar-refractivity contribution in [3.63, 3.8) is 0 Å². The predicted molar refractivity (Wildman–Crippen MR) is 95.7 cm³/mol. The van der Waals surface area contributed by atoms with Gasteiger partial charge >= 0.3 is 6.03 Å². The number of hydrogen-bond acceptors (Lipinski definition) is 5. The Kier molecular flexibility index (Phi) is 5.79. The molecule has 0 atom stereocenters. The Bertz CT molecular complexity index is 840. The van der Waals surface area contributed by atoms with Gasteiger partial charge in [0.15, 0.2) is 0 Å². The van der Waals surface area contributed by atoms with Gasteiger partial charge in [-0.25, -0.2) is 17.9 Å². The SMILES string of the molecule is CC(C)NC(=O)NS(=O)(=O)c1cnccc1Nc1cccc(Br)c1. The van der Waals surface area contributed by atoms with Crippen LogP contribution in [0.25, 0.3) is 0 Å². The zero-order chi connectivity index (χ0) is 17.7. The summed E-state index contributed by atoms with van der Waals surface area (Å²) < 4.78 is 27.7. The van der Waals surface area contributed by atoms with Crippen LogP contribution in [-0.4, -0.2) is 25.5 Å². The normalized spacial score (nSPS) is 11.2. The molecule has 0 aliphatic carbocycles. The standard InChI is InChI=1S/C15H17BrN4O3S/c1-10(2)18-15(21)20-24(22,23)14-9-17-7-6-13(14)19-12-5-3-4-11(16)8-12/h3-10H,1-2H3,(H,17,19)(H2,18,20,21). The number of halogens is 1. The molecule has 0 bridgehead atoms. The van der Waals surface area contributed by atoms with Crippen molar-refractivity contribution in [3.05, 3.63) is 47.2 Å². The van der Waals surface area contributed by atoms with Gasteiger partial charge < -0.3 is 10.6 Å². The van der Waals surface area contributed by atoms with Gasteiger partial charge in [0.2, 0.25) is 0 Å². The van der Waals surface area contributed by atoms with Crippen LogP contribution in [0.1, 0.15) is 13.8 Å². The molecule has 3 N–H and O–H groups in total. The molecule has 1 aromatic heterocycles. The third-order valence-electron chi connectivity index (χ3n) is 2.82. The summed E-state index contributed by atoms with van der Waals surface area (Å²) in [5.41, 5.74) is 1.01. The summed E-state index contributed by atoms with van der Waals surface area (Å²) in [4.78, 5) is 15.4. The van der Waals surface area contributed by atoms with E-state index >= 15 is 0 Å². The van der Waals surface area contributed by atoms with Crippen LogP contribution in [0, 0.1) is 0 Å². The van der Waals surface area contributed by atoms with Crippen LogP contribution >= 0.6 is 15.9 Å². The van der Waals surface area contributed by atoms with E-state index in [0.717, 1.165) is 4.47 Å². The first kappa shape index (κ1) is 18.2. The average Bonchev–Trinajstić information content (AvgIpc) is 2.46. The summed E-state index contributed by atoms with van der Waals surface area (Å²) in [7, 11) is -4.06. The molecule has 2 rings (SSSR count). The Hall–Kier alpha value is -2.13. The van der Waals surface area contributed by atoms with Crippen molar-refractivity contribution >= 4 is 43.4 Å².